The summed E-state index contributed by atoms with van der Waals surface area (Å²) in [5, 5.41) is 16.3. The largest absolute Gasteiger partial charge is 0.457 e. The number of rotatable bonds is 5. The Bertz CT molecular complexity index is 706. The van der Waals surface area contributed by atoms with Crippen molar-refractivity contribution in [1.29, 1.82) is 0 Å². The predicted octanol–water partition coefficient (Wildman–Crippen LogP) is 2.44. The first-order valence-corrected chi connectivity index (χ1v) is 8.20. The van der Waals surface area contributed by atoms with E-state index in [1.807, 2.05) is 12.1 Å². The highest BCUT2D eigenvalue weighted by Crippen LogP contribution is 2.24. The summed E-state index contributed by atoms with van der Waals surface area (Å²) in [6.07, 6.45) is -0.404. The van der Waals surface area contributed by atoms with Gasteiger partial charge in [0.15, 0.2) is 0 Å². The van der Waals surface area contributed by atoms with Gasteiger partial charge in [-0.15, -0.1) is 0 Å². The minimum Gasteiger partial charge on any atom is -0.457 e. The van der Waals surface area contributed by atoms with Gasteiger partial charge in [0.1, 0.15) is 11.5 Å². The predicted molar refractivity (Wildman–Crippen MR) is 92.7 cm³/mol. The van der Waals surface area contributed by atoms with E-state index < -0.39 is 6.10 Å². The number of ether oxygens (including phenoxy) is 1. The lowest BCUT2D eigenvalue weighted by Crippen LogP contribution is -2.34. The highest BCUT2D eigenvalue weighted by molar-refractivity contribution is 6.30. The van der Waals surface area contributed by atoms with Crippen LogP contribution in [0.1, 0.15) is 10.4 Å². The molecule has 2 aromatic rings. The van der Waals surface area contributed by atoms with Crippen molar-refractivity contribution in [2.75, 3.05) is 19.6 Å². The average Bonchev–Trinajstić information content (AvgIpc) is 2.98. The molecule has 1 aliphatic heterocycles. The minimum atomic E-state index is -0.404. The average molecular weight is 347 g/mol. The van der Waals surface area contributed by atoms with E-state index >= 15 is 0 Å². The fourth-order valence-corrected chi connectivity index (χ4v) is 2.77. The van der Waals surface area contributed by atoms with E-state index in [-0.39, 0.29) is 11.8 Å². The summed E-state index contributed by atoms with van der Waals surface area (Å²) in [7, 11) is 0. The third-order valence-corrected chi connectivity index (χ3v) is 4.21. The molecule has 126 valence electrons. The second kappa shape index (κ2) is 7.66. The molecule has 2 aromatic carbocycles. The first-order valence-electron chi connectivity index (χ1n) is 7.82. The topological polar surface area (TPSA) is 70.6 Å². The molecule has 3 rings (SSSR count). The maximum atomic E-state index is 12.2. The van der Waals surface area contributed by atoms with Crippen molar-refractivity contribution in [3.8, 4) is 11.5 Å². The summed E-state index contributed by atoms with van der Waals surface area (Å²) in [6.45, 7) is 1.75. The number of hydrogen-bond acceptors (Lipinski definition) is 4. The van der Waals surface area contributed by atoms with Crippen molar-refractivity contribution < 1.29 is 14.6 Å². The highest BCUT2D eigenvalue weighted by Gasteiger charge is 2.25. The molecule has 6 heteroatoms. The lowest BCUT2D eigenvalue weighted by Gasteiger charge is -2.14. The first kappa shape index (κ1) is 16.8. The standard InChI is InChI=1S/C18H19ClN2O3/c19-14-2-1-3-16(8-14)24-15-6-4-12(5-7-15)18(23)21-10-13-9-20-11-17(13)22/h1-8,13,17,20,22H,9-11H2,(H,21,23). The van der Waals surface area contributed by atoms with E-state index in [2.05, 4.69) is 10.6 Å². The molecule has 0 radical (unpaired) electrons. The molecule has 24 heavy (non-hydrogen) atoms. The molecule has 0 saturated carbocycles. The van der Waals surface area contributed by atoms with Crippen LogP contribution in [0.4, 0.5) is 0 Å². The Hall–Kier alpha value is -2.08. The van der Waals surface area contributed by atoms with Gasteiger partial charge < -0.3 is 20.5 Å². The van der Waals surface area contributed by atoms with Gasteiger partial charge >= 0.3 is 0 Å². The fraction of sp³-hybridized carbons (Fsp3) is 0.278. The number of amides is 1. The number of aliphatic hydroxyl groups excluding tert-OH is 1. The molecule has 0 spiro atoms. The van der Waals surface area contributed by atoms with Crippen molar-refractivity contribution >= 4 is 17.5 Å². The van der Waals surface area contributed by atoms with Crippen molar-refractivity contribution in [3.63, 3.8) is 0 Å². The summed E-state index contributed by atoms with van der Waals surface area (Å²) in [5.74, 6) is 1.16. The number of carbonyl (C=O) groups is 1. The van der Waals surface area contributed by atoms with Crippen molar-refractivity contribution in [1.82, 2.24) is 10.6 Å². The molecule has 0 aromatic heterocycles. The number of aliphatic hydroxyl groups is 1. The smallest absolute Gasteiger partial charge is 0.251 e. The first-order chi connectivity index (χ1) is 11.6. The van der Waals surface area contributed by atoms with Crippen LogP contribution in [0, 0.1) is 5.92 Å². The molecule has 0 bridgehead atoms. The molecule has 0 aliphatic carbocycles. The van der Waals surface area contributed by atoms with Gasteiger partial charge in [0.2, 0.25) is 0 Å². The molecule has 2 atom stereocenters. The van der Waals surface area contributed by atoms with Crippen LogP contribution in [0.2, 0.25) is 5.02 Å². The Balaban J connectivity index is 1.56. The Morgan fingerprint density at radius 3 is 2.67 bits per heavy atom. The normalized spacial score (nSPS) is 19.9. The lowest BCUT2D eigenvalue weighted by molar-refractivity contribution is 0.0927. The molecule has 5 nitrogen and oxygen atoms in total. The van der Waals surface area contributed by atoms with Gasteiger partial charge in [0.05, 0.1) is 6.10 Å². The number of β-amino-alcohol motifs (C(OH)–C–C–N with tert-alkyl or cyclic N) is 1. The third kappa shape index (κ3) is 4.26. The second-order valence-electron chi connectivity index (χ2n) is 5.78. The van der Waals surface area contributed by atoms with Gasteiger partial charge in [-0.2, -0.15) is 0 Å². The van der Waals surface area contributed by atoms with E-state index in [4.69, 9.17) is 16.3 Å². The van der Waals surface area contributed by atoms with E-state index in [1.54, 1.807) is 36.4 Å². The van der Waals surface area contributed by atoms with Crippen molar-refractivity contribution in [2.24, 2.45) is 5.92 Å². The second-order valence-corrected chi connectivity index (χ2v) is 6.22. The minimum absolute atomic E-state index is 0.0550. The maximum Gasteiger partial charge on any atom is 0.251 e. The summed E-state index contributed by atoms with van der Waals surface area (Å²) >= 11 is 5.92. The van der Waals surface area contributed by atoms with E-state index in [9.17, 15) is 9.90 Å². The maximum absolute atomic E-state index is 12.2. The molecule has 1 heterocycles. The Kier molecular flexibility index (Phi) is 5.35. The number of nitrogens with one attached hydrogen (secondary N) is 2. The molecular weight excluding hydrogens is 328 g/mol. The summed E-state index contributed by atoms with van der Waals surface area (Å²) in [5.41, 5.74) is 0.550. The van der Waals surface area contributed by atoms with Gasteiger partial charge in [-0.3, -0.25) is 4.79 Å². The molecule has 1 aliphatic rings. The summed E-state index contributed by atoms with van der Waals surface area (Å²) in [4.78, 5) is 12.2. The van der Waals surface area contributed by atoms with Crippen molar-refractivity contribution in [2.45, 2.75) is 6.10 Å². The van der Waals surface area contributed by atoms with Crippen LogP contribution < -0.4 is 15.4 Å². The zero-order valence-electron chi connectivity index (χ0n) is 13.0. The Labute approximate surface area is 145 Å². The Morgan fingerprint density at radius 1 is 1.21 bits per heavy atom. The fourth-order valence-electron chi connectivity index (χ4n) is 2.59. The molecule has 3 N–H and O–H groups in total. The van der Waals surface area contributed by atoms with Crippen LogP contribution in [0.25, 0.3) is 0 Å². The SMILES string of the molecule is O=C(NCC1CNCC1O)c1ccc(Oc2cccc(Cl)c2)cc1. The summed E-state index contributed by atoms with van der Waals surface area (Å²) < 4.78 is 5.69. The molecule has 1 fully saturated rings. The monoisotopic (exact) mass is 346 g/mol. The van der Waals surface area contributed by atoms with Crippen LogP contribution in [-0.4, -0.2) is 36.8 Å². The van der Waals surface area contributed by atoms with Crippen LogP contribution in [0.3, 0.4) is 0 Å². The van der Waals surface area contributed by atoms with Gasteiger partial charge in [0, 0.05) is 36.1 Å². The zero-order chi connectivity index (χ0) is 16.9. The number of carbonyl (C=O) groups excluding carboxylic acids is 1. The molecule has 1 amide bonds. The number of benzene rings is 2. The van der Waals surface area contributed by atoms with E-state index in [0.29, 0.717) is 41.7 Å². The molecule has 1 saturated heterocycles. The molecular formula is C18H19ClN2O3. The lowest BCUT2D eigenvalue weighted by atomic mass is 10.1. The van der Waals surface area contributed by atoms with E-state index in [0.717, 1.165) is 0 Å². The van der Waals surface area contributed by atoms with Gasteiger partial charge in [-0.05, 0) is 42.5 Å². The van der Waals surface area contributed by atoms with Crippen LogP contribution in [0.5, 0.6) is 11.5 Å². The van der Waals surface area contributed by atoms with Crippen molar-refractivity contribution in [3.05, 3.63) is 59.1 Å². The highest BCUT2D eigenvalue weighted by atomic mass is 35.5. The quantitative estimate of drug-likeness (QED) is 0.777. The van der Waals surface area contributed by atoms with Gasteiger partial charge in [-0.1, -0.05) is 17.7 Å². The summed E-state index contributed by atoms with van der Waals surface area (Å²) in [6, 6.07) is 14.0. The molecule has 2 unspecified atom stereocenters. The van der Waals surface area contributed by atoms with E-state index in [1.165, 1.54) is 0 Å². The Morgan fingerprint density at radius 2 is 2.00 bits per heavy atom. The van der Waals surface area contributed by atoms with Gasteiger partial charge in [-0.25, -0.2) is 0 Å². The van der Waals surface area contributed by atoms with Crippen LogP contribution >= 0.6 is 11.6 Å². The zero-order valence-corrected chi connectivity index (χ0v) is 13.8. The number of halogens is 1. The van der Waals surface area contributed by atoms with Gasteiger partial charge in [0.25, 0.3) is 5.91 Å². The van der Waals surface area contributed by atoms with Crippen LogP contribution in [-0.2, 0) is 0 Å². The third-order valence-electron chi connectivity index (χ3n) is 3.98. The number of hydrogen-bond donors (Lipinski definition) is 3. The van der Waals surface area contributed by atoms with Crippen LogP contribution in [0.15, 0.2) is 48.5 Å².